The van der Waals surface area contributed by atoms with Crippen LogP contribution in [0.5, 0.6) is 0 Å². The monoisotopic (exact) mass is 535 g/mol. The Morgan fingerprint density at radius 3 is 2.55 bits per heavy atom. The molecule has 2 aliphatic heterocycles. The molecule has 4 heterocycles. The lowest BCUT2D eigenvalue weighted by Crippen LogP contribution is -2.42. The standard InChI is InChI=1S/C23H24F3N7O5/c1-4-27-19(34)15-14-16(38-22(2,3)37-14)20(36-15)33-10-30-13-17(28-9-29-18(13)33)32-21(35)31-12-8-6-5-7-11(12)23(24,25)26/h5-10,14-16,20H,4H2,1-3H3,(H,27,34)(H2,28,29,31,32,35)/t14-,15+,16-,20-/m1/s1. The van der Waals surface area contributed by atoms with Gasteiger partial charge in [0, 0.05) is 6.54 Å². The Morgan fingerprint density at radius 2 is 1.82 bits per heavy atom. The first kappa shape index (κ1) is 25.8. The van der Waals surface area contributed by atoms with Crippen LogP contribution in [0.3, 0.4) is 0 Å². The van der Waals surface area contributed by atoms with Crippen molar-refractivity contribution < 1.29 is 37.0 Å². The predicted molar refractivity (Wildman–Crippen MR) is 126 cm³/mol. The molecule has 3 amide bonds. The lowest BCUT2D eigenvalue weighted by Gasteiger charge is -2.24. The normalized spacial score (nSPS) is 24.3. The molecule has 2 aliphatic rings. The number of amides is 3. The van der Waals surface area contributed by atoms with Crippen molar-refractivity contribution in [1.82, 2.24) is 24.8 Å². The number of likely N-dealkylation sites (N-methyl/N-ethyl adjacent to an activating group) is 1. The largest absolute Gasteiger partial charge is 0.418 e. The Balaban J connectivity index is 1.41. The molecule has 3 N–H and O–H groups in total. The van der Waals surface area contributed by atoms with Gasteiger partial charge < -0.3 is 24.8 Å². The number of para-hydroxylation sites is 1. The van der Waals surface area contributed by atoms with Gasteiger partial charge in [0.2, 0.25) is 0 Å². The first-order valence-electron chi connectivity index (χ1n) is 11.7. The van der Waals surface area contributed by atoms with Gasteiger partial charge in [0.05, 0.1) is 17.6 Å². The predicted octanol–water partition coefficient (Wildman–Crippen LogP) is 3.04. The minimum absolute atomic E-state index is 0.0468. The van der Waals surface area contributed by atoms with E-state index < -0.39 is 53.8 Å². The third kappa shape index (κ3) is 4.75. The third-order valence-corrected chi connectivity index (χ3v) is 5.98. The van der Waals surface area contributed by atoms with Crippen LogP contribution in [0.25, 0.3) is 11.2 Å². The Morgan fingerprint density at radius 1 is 1.08 bits per heavy atom. The van der Waals surface area contributed by atoms with Crippen molar-refractivity contribution in [3.05, 3.63) is 42.5 Å². The van der Waals surface area contributed by atoms with Gasteiger partial charge in [0.25, 0.3) is 5.91 Å². The second-order valence-electron chi connectivity index (χ2n) is 9.08. The Bertz CT molecular complexity index is 1380. The molecule has 2 fully saturated rings. The van der Waals surface area contributed by atoms with Gasteiger partial charge >= 0.3 is 12.2 Å². The molecule has 202 valence electrons. The molecule has 5 rings (SSSR count). The molecule has 0 spiro atoms. The Kier molecular flexibility index (Phi) is 6.44. The van der Waals surface area contributed by atoms with Crippen molar-refractivity contribution in [2.45, 2.75) is 57.3 Å². The van der Waals surface area contributed by atoms with Crippen molar-refractivity contribution >= 4 is 34.6 Å². The molecular weight excluding hydrogens is 511 g/mol. The van der Waals surface area contributed by atoms with Gasteiger partial charge in [-0.1, -0.05) is 12.1 Å². The smallest absolute Gasteiger partial charge is 0.354 e. The fourth-order valence-electron chi connectivity index (χ4n) is 4.52. The molecule has 0 aliphatic carbocycles. The van der Waals surface area contributed by atoms with Crippen LogP contribution >= 0.6 is 0 Å². The van der Waals surface area contributed by atoms with Crippen LogP contribution in [0.4, 0.5) is 29.5 Å². The quantitative estimate of drug-likeness (QED) is 0.453. The van der Waals surface area contributed by atoms with Crippen LogP contribution in [-0.2, 0) is 25.2 Å². The van der Waals surface area contributed by atoms with Crippen LogP contribution < -0.4 is 16.0 Å². The Hall–Kier alpha value is -3.82. The number of benzene rings is 1. The van der Waals surface area contributed by atoms with Crippen molar-refractivity contribution in [1.29, 1.82) is 0 Å². The van der Waals surface area contributed by atoms with Gasteiger partial charge in [-0.25, -0.2) is 19.7 Å². The minimum atomic E-state index is -4.66. The van der Waals surface area contributed by atoms with Crippen LogP contribution in [0.1, 0.15) is 32.6 Å². The summed E-state index contributed by atoms with van der Waals surface area (Å²) >= 11 is 0. The summed E-state index contributed by atoms with van der Waals surface area (Å²) in [4.78, 5) is 37.7. The molecule has 0 unspecified atom stereocenters. The number of alkyl halides is 3. The summed E-state index contributed by atoms with van der Waals surface area (Å²) < 4.78 is 59.4. The van der Waals surface area contributed by atoms with E-state index in [0.717, 1.165) is 18.5 Å². The van der Waals surface area contributed by atoms with Gasteiger partial charge in [0.15, 0.2) is 35.1 Å². The van der Waals surface area contributed by atoms with Crippen molar-refractivity contribution in [2.24, 2.45) is 0 Å². The molecule has 2 aromatic heterocycles. The second kappa shape index (κ2) is 9.49. The number of rotatable bonds is 5. The average molecular weight is 535 g/mol. The van der Waals surface area contributed by atoms with Gasteiger partial charge in [-0.3, -0.25) is 14.7 Å². The zero-order valence-electron chi connectivity index (χ0n) is 20.4. The molecule has 12 nitrogen and oxygen atoms in total. The van der Waals surface area contributed by atoms with Crippen LogP contribution in [-0.4, -0.2) is 62.1 Å². The molecule has 1 aromatic carbocycles. The molecule has 4 atom stereocenters. The number of carbonyl (C=O) groups is 2. The van der Waals surface area contributed by atoms with Crippen LogP contribution in [0, 0.1) is 0 Å². The van der Waals surface area contributed by atoms with E-state index in [1.54, 1.807) is 20.8 Å². The summed E-state index contributed by atoms with van der Waals surface area (Å²) in [5.41, 5.74) is -1.04. The van der Waals surface area contributed by atoms with Crippen molar-refractivity contribution in [2.75, 3.05) is 17.2 Å². The number of imidazole rings is 1. The number of urea groups is 1. The number of ether oxygens (including phenoxy) is 3. The van der Waals surface area contributed by atoms with Gasteiger partial charge in [-0.15, -0.1) is 0 Å². The van der Waals surface area contributed by atoms with E-state index in [0.29, 0.717) is 6.54 Å². The first-order chi connectivity index (χ1) is 18.0. The molecule has 15 heteroatoms. The number of nitrogens with one attached hydrogen (secondary N) is 3. The summed E-state index contributed by atoms with van der Waals surface area (Å²) in [6.07, 6.45) is -5.29. The highest BCUT2D eigenvalue weighted by Crippen LogP contribution is 2.44. The van der Waals surface area contributed by atoms with E-state index in [4.69, 9.17) is 14.2 Å². The molecule has 0 radical (unpaired) electrons. The van der Waals surface area contributed by atoms with Crippen LogP contribution in [0.2, 0.25) is 0 Å². The van der Waals surface area contributed by atoms with Crippen molar-refractivity contribution in [3.63, 3.8) is 0 Å². The fraction of sp³-hybridized carbons (Fsp3) is 0.435. The molecule has 0 bridgehead atoms. The lowest BCUT2D eigenvalue weighted by atomic mass is 10.1. The number of halogens is 3. The molecule has 38 heavy (non-hydrogen) atoms. The second-order valence-corrected chi connectivity index (χ2v) is 9.08. The van der Waals surface area contributed by atoms with E-state index >= 15 is 0 Å². The van der Waals surface area contributed by atoms with E-state index in [1.165, 1.54) is 23.0 Å². The summed E-state index contributed by atoms with van der Waals surface area (Å²) in [6.45, 7) is 5.63. The topological polar surface area (TPSA) is 142 Å². The lowest BCUT2D eigenvalue weighted by molar-refractivity contribution is -0.197. The summed E-state index contributed by atoms with van der Waals surface area (Å²) in [5, 5.41) is 7.32. The van der Waals surface area contributed by atoms with E-state index in [2.05, 4.69) is 30.9 Å². The number of nitrogens with zero attached hydrogens (tertiary/aromatic N) is 4. The van der Waals surface area contributed by atoms with E-state index in [-0.39, 0.29) is 22.9 Å². The zero-order chi connectivity index (χ0) is 27.2. The summed E-state index contributed by atoms with van der Waals surface area (Å²) in [5.74, 6) is -1.37. The van der Waals surface area contributed by atoms with Gasteiger partial charge in [-0.05, 0) is 32.9 Å². The minimum Gasteiger partial charge on any atom is -0.354 e. The summed E-state index contributed by atoms with van der Waals surface area (Å²) in [6, 6.07) is 3.63. The highest BCUT2D eigenvalue weighted by Gasteiger charge is 2.58. The zero-order valence-corrected chi connectivity index (χ0v) is 20.4. The molecular formula is C23H24F3N7O5. The highest BCUT2D eigenvalue weighted by molar-refractivity contribution is 6.03. The maximum atomic E-state index is 13.3. The fourth-order valence-corrected chi connectivity index (χ4v) is 4.52. The van der Waals surface area contributed by atoms with Crippen LogP contribution in [0.15, 0.2) is 36.9 Å². The number of hydrogen-bond donors (Lipinski definition) is 3. The third-order valence-electron chi connectivity index (χ3n) is 5.98. The number of carbonyl (C=O) groups excluding carboxylic acids is 2. The van der Waals surface area contributed by atoms with E-state index in [9.17, 15) is 22.8 Å². The maximum Gasteiger partial charge on any atom is 0.418 e. The van der Waals surface area contributed by atoms with Crippen molar-refractivity contribution in [3.8, 4) is 0 Å². The number of hydrogen-bond acceptors (Lipinski definition) is 8. The Labute approximate surface area is 213 Å². The SMILES string of the molecule is CCNC(=O)[C@H]1O[C@@H](n2cnc3c(NC(=O)Nc4ccccc4C(F)(F)F)ncnc32)[C@@H]2OC(C)(C)O[C@@H]21. The van der Waals surface area contributed by atoms with E-state index in [1.807, 2.05) is 0 Å². The molecule has 2 saturated heterocycles. The average Bonchev–Trinajstić information content (AvgIpc) is 3.50. The molecule has 0 saturated carbocycles. The molecule has 3 aromatic rings. The summed E-state index contributed by atoms with van der Waals surface area (Å²) in [7, 11) is 0. The number of aromatic nitrogens is 4. The van der Waals surface area contributed by atoms with Gasteiger partial charge in [0.1, 0.15) is 18.5 Å². The number of anilines is 2. The maximum absolute atomic E-state index is 13.3. The highest BCUT2D eigenvalue weighted by atomic mass is 19.4. The first-order valence-corrected chi connectivity index (χ1v) is 11.7. The number of fused-ring (bicyclic) bond motifs is 2. The van der Waals surface area contributed by atoms with Gasteiger partial charge in [-0.2, -0.15) is 13.2 Å².